The fourth-order valence-electron chi connectivity index (χ4n) is 1.74. The molecule has 1 aromatic rings. The van der Waals surface area contributed by atoms with Gasteiger partial charge in [-0.15, -0.1) is 11.8 Å². The molecule has 4 heteroatoms. The van der Waals surface area contributed by atoms with E-state index in [1.54, 1.807) is 7.11 Å². The lowest BCUT2D eigenvalue weighted by Crippen LogP contribution is -2.18. The zero-order valence-electron chi connectivity index (χ0n) is 11.9. The first kappa shape index (κ1) is 16.8. The molecule has 0 saturated carbocycles. The Morgan fingerprint density at radius 2 is 2.16 bits per heavy atom. The van der Waals surface area contributed by atoms with E-state index < -0.39 is 0 Å². The highest BCUT2D eigenvalue weighted by Crippen LogP contribution is 2.27. The van der Waals surface area contributed by atoms with E-state index in [0.717, 1.165) is 24.7 Å². The zero-order valence-corrected chi connectivity index (χ0v) is 13.4. The van der Waals surface area contributed by atoms with Crippen LogP contribution in [0.3, 0.4) is 0 Å². The molecule has 0 atom stereocenters. The maximum absolute atomic E-state index is 6.09. The van der Waals surface area contributed by atoms with Crippen molar-refractivity contribution in [2.45, 2.75) is 37.6 Å². The first-order chi connectivity index (χ1) is 9.27. The molecule has 0 heterocycles. The minimum atomic E-state index is 0.743. The van der Waals surface area contributed by atoms with Crippen molar-refractivity contribution >= 4 is 23.4 Å². The molecule has 0 aliphatic rings. The van der Waals surface area contributed by atoms with Crippen LogP contribution in [0.2, 0.25) is 5.02 Å². The average molecular weight is 302 g/mol. The molecule has 0 unspecified atom stereocenters. The van der Waals surface area contributed by atoms with Gasteiger partial charge in [0.25, 0.3) is 0 Å². The van der Waals surface area contributed by atoms with Gasteiger partial charge in [0.15, 0.2) is 0 Å². The molecule has 1 rings (SSSR count). The number of benzene rings is 1. The molecule has 0 spiro atoms. The minimum absolute atomic E-state index is 0.743. The van der Waals surface area contributed by atoms with Crippen molar-refractivity contribution in [3.63, 3.8) is 0 Å². The van der Waals surface area contributed by atoms with Crippen LogP contribution in [0.15, 0.2) is 23.1 Å². The number of unbranched alkanes of at least 4 members (excludes halogenated alkanes) is 2. The van der Waals surface area contributed by atoms with Crippen LogP contribution in [0.4, 0.5) is 0 Å². The van der Waals surface area contributed by atoms with Gasteiger partial charge in [0.2, 0.25) is 0 Å². The van der Waals surface area contributed by atoms with Gasteiger partial charge in [-0.25, -0.2) is 0 Å². The van der Waals surface area contributed by atoms with Gasteiger partial charge in [0.05, 0.1) is 6.61 Å². The van der Waals surface area contributed by atoms with Gasteiger partial charge in [-0.05, 0) is 29.9 Å². The number of hydrogen-bond donors (Lipinski definition) is 1. The van der Waals surface area contributed by atoms with E-state index in [9.17, 15) is 0 Å². The van der Waals surface area contributed by atoms with Crippen molar-refractivity contribution in [2.24, 2.45) is 0 Å². The lowest BCUT2D eigenvalue weighted by Gasteiger charge is -2.11. The smallest absolute Gasteiger partial charge is 0.0587 e. The van der Waals surface area contributed by atoms with Gasteiger partial charge in [0, 0.05) is 30.1 Å². The Bertz CT molecular complexity index is 360. The molecule has 0 amide bonds. The second kappa shape index (κ2) is 10.6. The van der Waals surface area contributed by atoms with Gasteiger partial charge in [-0.1, -0.05) is 37.4 Å². The molecule has 0 aliphatic heterocycles. The van der Waals surface area contributed by atoms with E-state index >= 15 is 0 Å². The summed E-state index contributed by atoms with van der Waals surface area (Å²) in [7, 11) is 1.72. The fraction of sp³-hybridized carbons (Fsp3) is 0.600. The highest BCUT2D eigenvalue weighted by Gasteiger charge is 2.04. The predicted octanol–water partition coefficient (Wildman–Crippen LogP) is 4.36. The second-order valence-corrected chi connectivity index (χ2v) is 6.05. The van der Waals surface area contributed by atoms with E-state index in [-0.39, 0.29) is 0 Å². The fourth-order valence-corrected chi connectivity index (χ4v) is 3.08. The third-order valence-corrected chi connectivity index (χ3v) is 4.25. The number of thioether (sulfide) groups is 1. The van der Waals surface area contributed by atoms with Crippen molar-refractivity contribution in [2.75, 3.05) is 26.0 Å². The Hall–Kier alpha value is -0.220. The summed E-state index contributed by atoms with van der Waals surface area (Å²) in [5.74, 6) is 1.17. The van der Waals surface area contributed by atoms with Gasteiger partial charge >= 0.3 is 0 Å². The molecule has 1 N–H and O–H groups in total. The van der Waals surface area contributed by atoms with E-state index in [4.69, 9.17) is 16.3 Å². The van der Waals surface area contributed by atoms with E-state index in [1.807, 2.05) is 17.8 Å². The summed E-state index contributed by atoms with van der Waals surface area (Å²) in [6, 6.07) is 6.15. The van der Waals surface area contributed by atoms with Crippen molar-refractivity contribution in [3.8, 4) is 0 Å². The van der Waals surface area contributed by atoms with E-state index in [2.05, 4.69) is 24.4 Å². The van der Waals surface area contributed by atoms with Crippen molar-refractivity contribution in [1.29, 1.82) is 0 Å². The molecule has 0 saturated heterocycles. The summed E-state index contributed by atoms with van der Waals surface area (Å²) in [6.07, 6.45) is 3.83. The summed E-state index contributed by atoms with van der Waals surface area (Å²) < 4.78 is 5.03. The van der Waals surface area contributed by atoms with Crippen molar-refractivity contribution in [1.82, 2.24) is 5.32 Å². The molecular weight excluding hydrogens is 278 g/mol. The number of rotatable bonds is 10. The third-order valence-electron chi connectivity index (χ3n) is 2.83. The van der Waals surface area contributed by atoms with Crippen LogP contribution in [0, 0.1) is 0 Å². The maximum atomic E-state index is 6.09. The molecule has 1 aromatic carbocycles. The lowest BCUT2D eigenvalue weighted by molar-refractivity contribution is 0.199. The predicted molar refractivity (Wildman–Crippen MR) is 85.3 cm³/mol. The molecular formula is C15H24ClNOS. The van der Waals surface area contributed by atoms with Crippen LogP contribution in [-0.4, -0.2) is 26.0 Å². The van der Waals surface area contributed by atoms with Gasteiger partial charge in [-0.2, -0.15) is 0 Å². The summed E-state index contributed by atoms with van der Waals surface area (Å²) in [5, 5.41) is 4.20. The molecule has 19 heavy (non-hydrogen) atoms. The number of ether oxygens (including phenoxy) is 1. The summed E-state index contributed by atoms with van der Waals surface area (Å²) >= 11 is 8.00. The monoisotopic (exact) mass is 301 g/mol. The highest BCUT2D eigenvalue weighted by atomic mass is 35.5. The van der Waals surface area contributed by atoms with Gasteiger partial charge in [-0.3, -0.25) is 0 Å². The number of methoxy groups -OCH3 is 1. The Kier molecular flexibility index (Phi) is 9.35. The van der Waals surface area contributed by atoms with E-state index in [1.165, 1.54) is 35.5 Å². The van der Waals surface area contributed by atoms with Gasteiger partial charge in [0.1, 0.15) is 0 Å². The van der Waals surface area contributed by atoms with E-state index in [0.29, 0.717) is 0 Å². The number of halogens is 1. The Morgan fingerprint density at radius 1 is 1.32 bits per heavy atom. The molecule has 0 fully saturated rings. The third kappa shape index (κ3) is 7.21. The summed E-state index contributed by atoms with van der Waals surface area (Å²) in [6.45, 7) is 4.72. The maximum Gasteiger partial charge on any atom is 0.0587 e. The molecule has 0 aliphatic carbocycles. The molecule has 0 aromatic heterocycles. The average Bonchev–Trinajstić information content (AvgIpc) is 2.41. The second-order valence-electron chi connectivity index (χ2n) is 4.48. The molecule has 2 nitrogen and oxygen atoms in total. The van der Waals surface area contributed by atoms with Gasteiger partial charge < -0.3 is 10.1 Å². The standard InChI is InChI=1S/C15H24ClNOS/c1-3-4-5-10-19-15-11-14(16)7-6-13(15)12-17-8-9-18-2/h6-7,11,17H,3-5,8-10,12H2,1-2H3. The van der Waals surface area contributed by atoms with Crippen LogP contribution >= 0.6 is 23.4 Å². The quantitative estimate of drug-likeness (QED) is 0.512. The van der Waals surface area contributed by atoms with Crippen molar-refractivity contribution < 1.29 is 4.74 Å². The van der Waals surface area contributed by atoms with Crippen LogP contribution in [0.1, 0.15) is 31.7 Å². The molecule has 0 bridgehead atoms. The van der Waals surface area contributed by atoms with Crippen LogP contribution in [-0.2, 0) is 11.3 Å². The number of nitrogens with one attached hydrogen (secondary N) is 1. The Morgan fingerprint density at radius 3 is 2.89 bits per heavy atom. The number of hydrogen-bond acceptors (Lipinski definition) is 3. The zero-order chi connectivity index (χ0) is 13.9. The first-order valence-electron chi connectivity index (χ1n) is 6.88. The highest BCUT2D eigenvalue weighted by molar-refractivity contribution is 7.99. The lowest BCUT2D eigenvalue weighted by atomic mass is 10.2. The Labute approximate surface area is 126 Å². The first-order valence-corrected chi connectivity index (χ1v) is 8.25. The van der Waals surface area contributed by atoms with Crippen molar-refractivity contribution in [3.05, 3.63) is 28.8 Å². The largest absolute Gasteiger partial charge is 0.383 e. The summed E-state index contributed by atoms with van der Waals surface area (Å²) in [5.41, 5.74) is 1.32. The molecule has 0 radical (unpaired) electrons. The minimum Gasteiger partial charge on any atom is -0.383 e. The summed E-state index contributed by atoms with van der Waals surface area (Å²) in [4.78, 5) is 1.30. The Balaban J connectivity index is 2.48. The SMILES string of the molecule is CCCCCSc1cc(Cl)ccc1CNCCOC. The topological polar surface area (TPSA) is 21.3 Å². The van der Waals surface area contributed by atoms with Crippen LogP contribution in [0.5, 0.6) is 0 Å². The normalized spacial score (nSPS) is 10.9. The van der Waals surface area contributed by atoms with Crippen LogP contribution in [0.25, 0.3) is 0 Å². The molecule has 108 valence electrons. The van der Waals surface area contributed by atoms with Crippen LogP contribution < -0.4 is 5.32 Å².